The second-order valence-corrected chi connectivity index (χ2v) is 8.41. The number of para-hydroxylation sites is 1. The molecule has 0 fully saturated rings. The fraction of sp³-hybridized carbons (Fsp3) is 0.235. The molecule has 6 nitrogen and oxygen atoms in total. The molecule has 2 aromatic rings. The molecule has 0 spiro atoms. The highest BCUT2D eigenvalue weighted by Crippen LogP contribution is 2.44. The minimum atomic E-state index is -3.82. The van der Waals surface area contributed by atoms with Crippen molar-refractivity contribution in [1.29, 1.82) is 0 Å². The van der Waals surface area contributed by atoms with Gasteiger partial charge in [-0.3, -0.25) is 14.0 Å². The van der Waals surface area contributed by atoms with Crippen LogP contribution < -0.4 is 9.21 Å². The van der Waals surface area contributed by atoms with Crippen molar-refractivity contribution in [2.75, 3.05) is 36.9 Å². The molecule has 0 N–H and O–H groups in total. The van der Waals surface area contributed by atoms with Gasteiger partial charge in [-0.2, -0.15) is 0 Å². The van der Waals surface area contributed by atoms with E-state index in [1.807, 2.05) is 0 Å². The molecule has 1 aliphatic rings. The molecule has 0 aromatic heterocycles. The largest absolute Gasteiger partial charge is 0.301 e. The summed E-state index contributed by atoms with van der Waals surface area (Å²) in [6.45, 7) is 0.139. The van der Waals surface area contributed by atoms with Gasteiger partial charge in [0.1, 0.15) is 4.90 Å². The number of anilines is 3. The standard InChI is InChI=1S/C17H18ClN3O3S/c1-19(2)11-17(22)21-13-9-8-12(18)10-15(13)20(3)25(23,24)16-7-5-4-6-14(16)21/h4-10H,11H2,1-3H3. The van der Waals surface area contributed by atoms with Gasteiger partial charge in [-0.25, -0.2) is 8.42 Å². The first-order valence-electron chi connectivity index (χ1n) is 7.58. The third-order valence-corrected chi connectivity index (χ3v) is 6.02. The van der Waals surface area contributed by atoms with Gasteiger partial charge in [-0.1, -0.05) is 23.7 Å². The molecule has 0 bridgehead atoms. The lowest BCUT2D eigenvalue weighted by atomic mass is 10.2. The number of carbonyl (C=O) groups excluding carboxylic acids is 1. The first kappa shape index (κ1) is 17.7. The zero-order valence-electron chi connectivity index (χ0n) is 14.1. The van der Waals surface area contributed by atoms with Gasteiger partial charge in [-0.05, 0) is 44.4 Å². The van der Waals surface area contributed by atoms with E-state index in [0.29, 0.717) is 22.1 Å². The molecule has 1 heterocycles. The third-order valence-electron chi connectivity index (χ3n) is 3.96. The van der Waals surface area contributed by atoms with E-state index in [0.717, 1.165) is 4.31 Å². The number of carbonyl (C=O) groups is 1. The molecule has 0 atom stereocenters. The van der Waals surface area contributed by atoms with Crippen LogP contribution in [-0.2, 0) is 14.8 Å². The van der Waals surface area contributed by atoms with Crippen LogP contribution in [-0.4, -0.2) is 46.9 Å². The van der Waals surface area contributed by atoms with Gasteiger partial charge in [0.2, 0.25) is 5.91 Å². The van der Waals surface area contributed by atoms with Crippen molar-refractivity contribution >= 4 is 44.6 Å². The SMILES string of the molecule is CN(C)CC(=O)N1c2ccc(Cl)cc2N(C)S(=O)(=O)c2ccccc21. The van der Waals surface area contributed by atoms with Gasteiger partial charge in [0.15, 0.2) is 0 Å². The number of likely N-dealkylation sites (N-methyl/N-ethyl adjacent to an activating group) is 1. The first-order chi connectivity index (χ1) is 11.7. The summed E-state index contributed by atoms with van der Waals surface area (Å²) in [7, 11) is 1.21. The number of nitrogens with zero attached hydrogens (tertiary/aromatic N) is 3. The van der Waals surface area contributed by atoms with E-state index in [1.54, 1.807) is 55.4 Å². The average molecular weight is 380 g/mol. The smallest absolute Gasteiger partial charge is 0.266 e. The number of hydrogen-bond acceptors (Lipinski definition) is 4. The summed E-state index contributed by atoms with van der Waals surface area (Å²) in [6.07, 6.45) is 0. The highest BCUT2D eigenvalue weighted by atomic mass is 35.5. The first-order valence-corrected chi connectivity index (χ1v) is 9.40. The van der Waals surface area contributed by atoms with Crippen molar-refractivity contribution in [3.63, 3.8) is 0 Å². The van der Waals surface area contributed by atoms with Gasteiger partial charge >= 0.3 is 0 Å². The number of rotatable bonds is 2. The monoisotopic (exact) mass is 379 g/mol. The van der Waals surface area contributed by atoms with Gasteiger partial charge < -0.3 is 4.90 Å². The van der Waals surface area contributed by atoms with E-state index in [4.69, 9.17) is 11.6 Å². The Bertz CT molecular complexity index is 944. The van der Waals surface area contributed by atoms with Crippen molar-refractivity contribution in [2.45, 2.75) is 4.90 Å². The molecule has 0 unspecified atom stereocenters. The maximum absolute atomic E-state index is 13.0. The van der Waals surface area contributed by atoms with Crippen molar-refractivity contribution < 1.29 is 13.2 Å². The Balaban J connectivity index is 2.35. The van der Waals surface area contributed by atoms with E-state index in [1.165, 1.54) is 18.0 Å². The maximum Gasteiger partial charge on any atom is 0.266 e. The fourth-order valence-electron chi connectivity index (χ4n) is 2.81. The van der Waals surface area contributed by atoms with Crippen LogP contribution in [0, 0.1) is 0 Å². The number of halogens is 1. The van der Waals surface area contributed by atoms with Gasteiger partial charge in [0.25, 0.3) is 10.0 Å². The van der Waals surface area contributed by atoms with Gasteiger partial charge in [0.05, 0.1) is 23.6 Å². The van der Waals surface area contributed by atoms with E-state index in [2.05, 4.69) is 0 Å². The maximum atomic E-state index is 13.0. The highest BCUT2D eigenvalue weighted by Gasteiger charge is 2.36. The van der Waals surface area contributed by atoms with E-state index in [-0.39, 0.29) is 17.3 Å². The Morgan fingerprint density at radius 3 is 2.44 bits per heavy atom. The summed E-state index contributed by atoms with van der Waals surface area (Å²) < 4.78 is 27.2. The van der Waals surface area contributed by atoms with Crippen LogP contribution in [0.1, 0.15) is 0 Å². The van der Waals surface area contributed by atoms with Crippen LogP contribution in [0.15, 0.2) is 47.4 Å². The Labute approximate surface area is 152 Å². The number of benzene rings is 2. The third kappa shape index (κ3) is 2.99. The van der Waals surface area contributed by atoms with Crippen molar-refractivity contribution in [3.05, 3.63) is 47.5 Å². The lowest BCUT2D eigenvalue weighted by molar-refractivity contribution is -0.118. The van der Waals surface area contributed by atoms with E-state index >= 15 is 0 Å². The van der Waals surface area contributed by atoms with Crippen LogP contribution in [0.5, 0.6) is 0 Å². The van der Waals surface area contributed by atoms with Crippen molar-refractivity contribution in [3.8, 4) is 0 Å². The summed E-state index contributed by atoms with van der Waals surface area (Å²) >= 11 is 6.08. The van der Waals surface area contributed by atoms with Crippen LogP contribution in [0.3, 0.4) is 0 Å². The Hall–Kier alpha value is -2.09. The van der Waals surface area contributed by atoms with Gasteiger partial charge in [0, 0.05) is 12.1 Å². The highest BCUT2D eigenvalue weighted by molar-refractivity contribution is 7.93. The Morgan fingerprint density at radius 2 is 1.76 bits per heavy atom. The summed E-state index contributed by atoms with van der Waals surface area (Å²) in [5, 5.41) is 0.395. The van der Waals surface area contributed by atoms with Crippen LogP contribution in [0.25, 0.3) is 0 Å². The minimum absolute atomic E-state index is 0.0805. The number of sulfonamides is 1. The minimum Gasteiger partial charge on any atom is -0.301 e. The molecule has 25 heavy (non-hydrogen) atoms. The number of hydrogen-bond donors (Lipinski definition) is 0. The van der Waals surface area contributed by atoms with Crippen molar-refractivity contribution in [2.24, 2.45) is 0 Å². The molecule has 0 saturated heterocycles. The molecular weight excluding hydrogens is 362 g/mol. The normalized spacial score (nSPS) is 15.6. The second kappa shape index (κ2) is 6.33. The average Bonchev–Trinajstić information content (AvgIpc) is 2.61. The summed E-state index contributed by atoms with van der Waals surface area (Å²) in [5.41, 5.74) is 1.17. The quantitative estimate of drug-likeness (QED) is 0.804. The molecule has 3 rings (SSSR count). The summed E-state index contributed by atoms with van der Waals surface area (Å²) in [4.78, 5) is 16.2. The molecule has 1 amide bonds. The van der Waals surface area contributed by atoms with Gasteiger partial charge in [-0.15, -0.1) is 0 Å². The number of fused-ring (bicyclic) bond motifs is 2. The molecule has 2 aromatic carbocycles. The van der Waals surface area contributed by atoms with Crippen LogP contribution in [0.2, 0.25) is 5.02 Å². The predicted molar refractivity (Wildman–Crippen MR) is 99.2 cm³/mol. The Kier molecular flexibility index (Phi) is 4.49. The Morgan fingerprint density at radius 1 is 1.08 bits per heavy atom. The molecular formula is C17H18ClN3O3S. The second-order valence-electron chi connectivity index (χ2n) is 6.04. The molecule has 0 saturated carbocycles. The topological polar surface area (TPSA) is 60.9 Å². The summed E-state index contributed by atoms with van der Waals surface area (Å²) in [5.74, 6) is -0.230. The molecule has 0 aliphatic carbocycles. The molecule has 0 radical (unpaired) electrons. The van der Waals surface area contributed by atoms with Crippen LogP contribution >= 0.6 is 11.6 Å². The van der Waals surface area contributed by atoms with Crippen molar-refractivity contribution in [1.82, 2.24) is 4.90 Å². The van der Waals surface area contributed by atoms with E-state index in [9.17, 15) is 13.2 Å². The number of amides is 1. The fourth-order valence-corrected chi connectivity index (χ4v) is 4.36. The lowest BCUT2D eigenvalue weighted by Gasteiger charge is -2.25. The van der Waals surface area contributed by atoms with E-state index < -0.39 is 10.0 Å². The predicted octanol–water partition coefficient (Wildman–Crippen LogP) is 2.70. The molecule has 1 aliphatic heterocycles. The zero-order chi connectivity index (χ0) is 18.4. The molecule has 8 heteroatoms. The zero-order valence-corrected chi connectivity index (χ0v) is 15.7. The van der Waals surface area contributed by atoms with Crippen LogP contribution in [0.4, 0.5) is 17.1 Å². The molecule has 132 valence electrons. The summed E-state index contributed by atoms with van der Waals surface area (Å²) in [6, 6.07) is 11.4. The lowest BCUT2D eigenvalue weighted by Crippen LogP contribution is -2.35.